The lowest BCUT2D eigenvalue weighted by Gasteiger charge is -2.23. The Kier molecular flexibility index (Phi) is 7.44. The summed E-state index contributed by atoms with van der Waals surface area (Å²) in [4.78, 5) is 11.3. The highest BCUT2D eigenvalue weighted by Gasteiger charge is 2.21. The molecule has 0 aliphatic carbocycles. The highest BCUT2D eigenvalue weighted by Crippen LogP contribution is 2.23. The molecule has 2 N–H and O–H groups in total. The Morgan fingerprint density at radius 1 is 1.05 bits per heavy atom. The highest BCUT2D eigenvalue weighted by molar-refractivity contribution is 5.73. The average Bonchev–Trinajstić information content (AvgIpc) is 2.41. The molecule has 0 aromatic heterocycles. The van der Waals surface area contributed by atoms with Crippen LogP contribution in [0.2, 0.25) is 0 Å². The minimum absolute atomic E-state index is 0.361. The first-order chi connectivity index (χ1) is 9.90. The number of aliphatic carboxylic acids is 1. The minimum atomic E-state index is -0.750. The third-order valence-corrected chi connectivity index (χ3v) is 3.64. The number of carboxylic acids is 1. The summed E-state index contributed by atoms with van der Waals surface area (Å²) in [5.41, 5.74) is 1.28. The van der Waals surface area contributed by atoms with E-state index in [-0.39, 0.29) is 0 Å². The van der Waals surface area contributed by atoms with Crippen molar-refractivity contribution in [1.82, 2.24) is 5.32 Å². The maximum Gasteiger partial charge on any atom is 0.320 e. The summed E-state index contributed by atoms with van der Waals surface area (Å²) in [7, 11) is 0. The Bertz CT molecular complexity index is 414. The van der Waals surface area contributed by atoms with Crippen LogP contribution in [-0.4, -0.2) is 23.7 Å². The maximum absolute atomic E-state index is 11.3. The van der Waals surface area contributed by atoms with Crippen molar-refractivity contribution in [3.8, 4) is 0 Å². The van der Waals surface area contributed by atoms with Crippen LogP contribution in [0.5, 0.6) is 0 Å². The predicted molar refractivity (Wildman–Crippen MR) is 87.5 cm³/mol. The first kappa shape index (κ1) is 17.7. The van der Waals surface area contributed by atoms with Crippen LogP contribution in [-0.2, 0) is 4.79 Å². The molecule has 0 fully saturated rings. The zero-order valence-electron chi connectivity index (χ0n) is 13.7. The van der Waals surface area contributed by atoms with Crippen LogP contribution in [0.4, 0.5) is 0 Å². The number of rotatable bonds is 9. The van der Waals surface area contributed by atoms with E-state index < -0.39 is 12.0 Å². The van der Waals surface area contributed by atoms with E-state index in [9.17, 15) is 9.90 Å². The van der Waals surface area contributed by atoms with Gasteiger partial charge in [0.15, 0.2) is 0 Å². The SMILES string of the molecule is CC(C)CC(CN[C@@H](CC(C)C)C(=O)O)c1ccccc1. The second kappa shape index (κ2) is 8.83. The molecule has 3 heteroatoms. The van der Waals surface area contributed by atoms with Gasteiger partial charge in [0.25, 0.3) is 0 Å². The van der Waals surface area contributed by atoms with Crippen LogP contribution in [0.25, 0.3) is 0 Å². The van der Waals surface area contributed by atoms with Gasteiger partial charge in [-0.3, -0.25) is 4.79 Å². The molecule has 2 atom stereocenters. The standard InChI is InChI=1S/C18H29NO2/c1-13(2)10-16(15-8-6-5-7-9-15)12-19-17(18(20)21)11-14(3)4/h5-9,13-14,16-17,19H,10-12H2,1-4H3,(H,20,21)/t16?,17-/m0/s1. The van der Waals surface area contributed by atoms with Crippen LogP contribution in [0.1, 0.15) is 52.0 Å². The van der Waals surface area contributed by atoms with E-state index in [0.717, 1.165) is 6.42 Å². The minimum Gasteiger partial charge on any atom is -0.480 e. The molecule has 1 aromatic rings. The van der Waals surface area contributed by atoms with E-state index in [2.05, 4.69) is 45.1 Å². The number of hydrogen-bond donors (Lipinski definition) is 2. The molecule has 0 saturated heterocycles. The van der Waals surface area contributed by atoms with Gasteiger partial charge in [0.2, 0.25) is 0 Å². The van der Waals surface area contributed by atoms with Crippen molar-refractivity contribution in [3.05, 3.63) is 35.9 Å². The topological polar surface area (TPSA) is 49.3 Å². The van der Waals surface area contributed by atoms with Crippen molar-refractivity contribution < 1.29 is 9.90 Å². The Hall–Kier alpha value is -1.35. The second-order valence-electron chi connectivity index (χ2n) is 6.67. The van der Waals surface area contributed by atoms with Crippen molar-refractivity contribution in [2.45, 2.75) is 52.5 Å². The Morgan fingerprint density at radius 3 is 2.10 bits per heavy atom. The van der Waals surface area contributed by atoms with Gasteiger partial charge in [-0.15, -0.1) is 0 Å². The molecule has 1 unspecified atom stereocenters. The predicted octanol–water partition coefficient (Wildman–Crippen LogP) is 3.91. The summed E-state index contributed by atoms with van der Waals surface area (Å²) in [6, 6.07) is 9.92. The van der Waals surface area contributed by atoms with Crippen LogP contribution in [0, 0.1) is 11.8 Å². The van der Waals surface area contributed by atoms with Gasteiger partial charge >= 0.3 is 5.97 Å². The van der Waals surface area contributed by atoms with Gasteiger partial charge in [-0.1, -0.05) is 58.0 Å². The molecule has 3 nitrogen and oxygen atoms in total. The third-order valence-electron chi connectivity index (χ3n) is 3.64. The number of hydrogen-bond acceptors (Lipinski definition) is 2. The van der Waals surface area contributed by atoms with E-state index in [1.165, 1.54) is 5.56 Å². The average molecular weight is 291 g/mol. The summed E-state index contributed by atoms with van der Waals surface area (Å²) in [5, 5.41) is 12.6. The zero-order valence-corrected chi connectivity index (χ0v) is 13.7. The van der Waals surface area contributed by atoms with E-state index in [4.69, 9.17) is 0 Å². The molecule has 1 aromatic carbocycles. The Labute approximate surface area is 128 Å². The number of benzene rings is 1. The first-order valence-electron chi connectivity index (χ1n) is 7.91. The molecular formula is C18H29NO2. The van der Waals surface area contributed by atoms with Crippen LogP contribution >= 0.6 is 0 Å². The lowest BCUT2D eigenvalue weighted by Crippen LogP contribution is -2.40. The summed E-state index contributed by atoms with van der Waals surface area (Å²) in [5.74, 6) is 0.574. The van der Waals surface area contributed by atoms with E-state index in [1.54, 1.807) is 0 Å². The lowest BCUT2D eigenvalue weighted by molar-refractivity contribution is -0.139. The second-order valence-corrected chi connectivity index (χ2v) is 6.67. The zero-order chi connectivity index (χ0) is 15.8. The third kappa shape index (κ3) is 6.76. The number of carbonyl (C=O) groups is 1. The summed E-state index contributed by atoms with van der Waals surface area (Å²) in [6.07, 6.45) is 1.73. The molecule has 118 valence electrons. The van der Waals surface area contributed by atoms with Crippen LogP contribution in [0.15, 0.2) is 30.3 Å². The van der Waals surface area contributed by atoms with E-state index in [0.29, 0.717) is 30.7 Å². The molecule has 0 saturated carbocycles. The largest absolute Gasteiger partial charge is 0.480 e. The normalized spacial score (nSPS) is 14.4. The molecule has 0 radical (unpaired) electrons. The van der Waals surface area contributed by atoms with Crippen molar-refractivity contribution in [1.29, 1.82) is 0 Å². The Balaban J connectivity index is 2.70. The number of carboxylic acid groups (broad SMARTS) is 1. The van der Waals surface area contributed by atoms with Crippen LogP contribution < -0.4 is 5.32 Å². The highest BCUT2D eigenvalue weighted by atomic mass is 16.4. The van der Waals surface area contributed by atoms with Gasteiger partial charge in [0, 0.05) is 6.54 Å². The van der Waals surface area contributed by atoms with Crippen molar-refractivity contribution in [2.24, 2.45) is 11.8 Å². The molecule has 0 aliphatic rings. The van der Waals surface area contributed by atoms with E-state index in [1.807, 2.05) is 18.2 Å². The van der Waals surface area contributed by atoms with Crippen LogP contribution in [0.3, 0.4) is 0 Å². The van der Waals surface area contributed by atoms with Gasteiger partial charge in [-0.2, -0.15) is 0 Å². The van der Waals surface area contributed by atoms with Gasteiger partial charge in [-0.05, 0) is 36.2 Å². The van der Waals surface area contributed by atoms with Crippen molar-refractivity contribution in [3.63, 3.8) is 0 Å². The molecule has 0 bridgehead atoms. The molecule has 1 rings (SSSR count). The molecular weight excluding hydrogens is 262 g/mol. The summed E-state index contributed by atoms with van der Waals surface area (Å²) < 4.78 is 0. The molecule has 0 heterocycles. The fraction of sp³-hybridized carbons (Fsp3) is 0.611. The Morgan fingerprint density at radius 2 is 1.62 bits per heavy atom. The summed E-state index contributed by atoms with van der Waals surface area (Å²) in [6.45, 7) is 9.24. The van der Waals surface area contributed by atoms with Crippen molar-refractivity contribution in [2.75, 3.05) is 6.54 Å². The lowest BCUT2D eigenvalue weighted by atomic mass is 9.90. The van der Waals surface area contributed by atoms with Gasteiger partial charge in [-0.25, -0.2) is 0 Å². The fourth-order valence-corrected chi connectivity index (χ4v) is 2.66. The van der Waals surface area contributed by atoms with Gasteiger partial charge in [0.05, 0.1) is 0 Å². The molecule has 21 heavy (non-hydrogen) atoms. The van der Waals surface area contributed by atoms with E-state index >= 15 is 0 Å². The quantitative estimate of drug-likeness (QED) is 0.725. The molecule has 0 aliphatic heterocycles. The van der Waals surface area contributed by atoms with Gasteiger partial charge in [0.1, 0.15) is 6.04 Å². The molecule has 0 amide bonds. The number of nitrogens with one attached hydrogen (secondary N) is 1. The fourth-order valence-electron chi connectivity index (χ4n) is 2.66. The molecule has 0 spiro atoms. The maximum atomic E-state index is 11.3. The first-order valence-corrected chi connectivity index (χ1v) is 7.91. The van der Waals surface area contributed by atoms with Crippen molar-refractivity contribution >= 4 is 5.97 Å². The monoisotopic (exact) mass is 291 g/mol. The smallest absolute Gasteiger partial charge is 0.320 e. The summed E-state index contributed by atoms with van der Waals surface area (Å²) >= 11 is 0. The van der Waals surface area contributed by atoms with Gasteiger partial charge < -0.3 is 10.4 Å².